The molecule has 2 aromatic rings. The molecular formula is C13H18N4. The van der Waals surface area contributed by atoms with Gasteiger partial charge in [-0.15, -0.1) is 5.10 Å². The van der Waals surface area contributed by atoms with Crippen molar-refractivity contribution in [3.05, 3.63) is 35.5 Å². The Labute approximate surface area is 101 Å². The molecule has 0 unspecified atom stereocenters. The Kier molecular flexibility index (Phi) is 3.24. The fourth-order valence-electron chi connectivity index (χ4n) is 1.92. The van der Waals surface area contributed by atoms with Gasteiger partial charge in [-0.1, -0.05) is 29.0 Å². The van der Waals surface area contributed by atoms with Crippen LogP contribution >= 0.6 is 0 Å². The number of hydrogen-bond donors (Lipinski definition) is 1. The minimum atomic E-state index is 0.276. The Bertz CT molecular complexity index is 514. The molecule has 1 aromatic carbocycles. The second-order valence-corrected chi connectivity index (χ2v) is 4.50. The predicted molar refractivity (Wildman–Crippen MR) is 68.5 cm³/mol. The average Bonchev–Trinajstić information content (AvgIpc) is 2.72. The van der Waals surface area contributed by atoms with E-state index in [4.69, 9.17) is 5.73 Å². The van der Waals surface area contributed by atoms with E-state index in [0.29, 0.717) is 6.54 Å². The van der Waals surface area contributed by atoms with Crippen LogP contribution in [0.15, 0.2) is 24.3 Å². The fraction of sp³-hybridized carbons (Fsp3) is 0.385. The Morgan fingerprint density at radius 2 is 2.12 bits per heavy atom. The molecule has 0 saturated carbocycles. The number of nitrogens with zero attached hydrogens (tertiary/aromatic N) is 3. The summed E-state index contributed by atoms with van der Waals surface area (Å²) in [4.78, 5) is 0. The third-order valence-electron chi connectivity index (χ3n) is 2.74. The number of aromatic nitrogens is 3. The van der Waals surface area contributed by atoms with Crippen LogP contribution in [0.4, 0.5) is 0 Å². The summed E-state index contributed by atoms with van der Waals surface area (Å²) in [7, 11) is 0. The number of benzene rings is 1. The zero-order valence-electron chi connectivity index (χ0n) is 10.5. The van der Waals surface area contributed by atoms with Gasteiger partial charge in [-0.05, 0) is 26.8 Å². The normalized spacial score (nSPS) is 11.1. The number of aryl methyl sites for hydroxylation is 1. The van der Waals surface area contributed by atoms with E-state index in [0.717, 1.165) is 17.0 Å². The summed E-state index contributed by atoms with van der Waals surface area (Å²) in [6.07, 6.45) is 0. The van der Waals surface area contributed by atoms with Gasteiger partial charge >= 0.3 is 0 Å². The van der Waals surface area contributed by atoms with Gasteiger partial charge in [0.05, 0.1) is 5.69 Å². The Morgan fingerprint density at radius 1 is 1.35 bits per heavy atom. The van der Waals surface area contributed by atoms with Crippen molar-refractivity contribution in [2.75, 3.05) is 0 Å². The van der Waals surface area contributed by atoms with E-state index in [9.17, 15) is 0 Å². The van der Waals surface area contributed by atoms with Crippen LogP contribution in [0.3, 0.4) is 0 Å². The average molecular weight is 230 g/mol. The molecule has 0 aliphatic carbocycles. The summed E-state index contributed by atoms with van der Waals surface area (Å²) < 4.78 is 1.93. The fourth-order valence-corrected chi connectivity index (χ4v) is 1.92. The summed E-state index contributed by atoms with van der Waals surface area (Å²) in [5.41, 5.74) is 9.96. The topological polar surface area (TPSA) is 56.7 Å². The van der Waals surface area contributed by atoms with Gasteiger partial charge in [0.25, 0.3) is 0 Å². The van der Waals surface area contributed by atoms with E-state index in [1.54, 1.807) is 0 Å². The molecule has 2 N–H and O–H groups in total. The van der Waals surface area contributed by atoms with E-state index in [2.05, 4.69) is 49.3 Å². The lowest BCUT2D eigenvalue weighted by atomic mass is 10.1. The van der Waals surface area contributed by atoms with Crippen molar-refractivity contribution in [3.63, 3.8) is 0 Å². The molecule has 1 heterocycles. The van der Waals surface area contributed by atoms with Crippen molar-refractivity contribution in [2.45, 2.75) is 33.4 Å². The van der Waals surface area contributed by atoms with E-state index < -0.39 is 0 Å². The molecule has 0 atom stereocenters. The highest BCUT2D eigenvalue weighted by Crippen LogP contribution is 2.25. The van der Waals surface area contributed by atoms with Crippen molar-refractivity contribution < 1.29 is 0 Å². The van der Waals surface area contributed by atoms with Crippen molar-refractivity contribution >= 4 is 0 Å². The van der Waals surface area contributed by atoms with E-state index in [-0.39, 0.29) is 6.04 Å². The second-order valence-electron chi connectivity index (χ2n) is 4.50. The molecule has 90 valence electrons. The zero-order valence-corrected chi connectivity index (χ0v) is 10.5. The van der Waals surface area contributed by atoms with Crippen molar-refractivity contribution in [3.8, 4) is 11.3 Å². The van der Waals surface area contributed by atoms with Gasteiger partial charge in [-0.2, -0.15) is 0 Å². The highest BCUT2D eigenvalue weighted by molar-refractivity contribution is 5.62. The molecule has 0 radical (unpaired) electrons. The third kappa shape index (κ3) is 2.22. The van der Waals surface area contributed by atoms with E-state index >= 15 is 0 Å². The SMILES string of the molecule is Cc1cccc(-c2c(CN)nnn2C(C)C)c1. The zero-order chi connectivity index (χ0) is 12.4. The minimum Gasteiger partial charge on any atom is -0.325 e. The Balaban J connectivity index is 2.60. The smallest absolute Gasteiger partial charge is 0.104 e. The lowest BCUT2D eigenvalue weighted by Crippen LogP contribution is -2.06. The predicted octanol–water partition coefficient (Wildman–Crippen LogP) is 2.29. The summed E-state index contributed by atoms with van der Waals surface area (Å²) >= 11 is 0. The third-order valence-corrected chi connectivity index (χ3v) is 2.74. The highest BCUT2D eigenvalue weighted by Gasteiger charge is 2.15. The van der Waals surface area contributed by atoms with Gasteiger partial charge in [0.15, 0.2) is 0 Å². The van der Waals surface area contributed by atoms with Crippen LogP contribution in [0, 0.1) is 6.92 Å². The number of rotatable bonds is 3. The van der Waals surface area contributed by atoms with Crippen LogP contribution in [0.2, 0.25) is 0 Å². The maximum Gasteiger partial charge on any atom is 0.104 e. The summed E-state index contributed by atoms with van der Waals surface area (Å²) in [5, 5.41) is 8.33. The summed E-state index contributed by atoms with van der Waals surface area (Å²) in [6.45, 7) is 6.67. The van der Waals surface area contributed by atoms with E-state index in [1.165, 1.54) is 5.56 Å². The monoisotopic (exact) mass is 230 g/mol. The molecule has 0 bridgehead atoms. The van der Waals surface area contributed by atoms with Crippen molar-refractivity contribution in [2.24, 2.45) is 5.73 Å². The van der Waals surface area contributed by atoms with Crippen LogP contribution in [-0.2, 0) is 6.54 Å². The molecule has 1 aromatic heterocycles. The van der Waals surface area contributed by atoms with Crippen LogP contribution in [-0.4, -0.2) is 15.0 Å². The van der Waals surface area contributed by atoms with Gasteiger partial charge in [0.1, 0.15) is 5.69 Å². The first-order valence-electron chi connectivity index (χ1n) is 5.84. The lowest BCUT2D eigenvalue weighted by Gasteiger charge is -2.11. The lowest BCUT2D eigenvalue weighted by molar-refractivity contribution is 0.519. The van der Waals surface area contributed by atoms with Crippen molar-refractivity contribution in [1.82, 2.24) is 15.0 Å². The molecule has 0 saturated heterocycles. The van der Waals surface area contributed by atoms with Crippen LogP contribution in [0.25, 0.3) is 11.3 Å². The first-order valence-corrected chi connectivity index (χ1v) is 5.84. The highest BCUT2D eigenvalue weighted by atomic mass is 15.4. The van der Waals surface area contributed by atoms with Crippen LogP contribution < -0.4 is 5.73 Å². The van der Waals surface area contributed by atoms with Gasteiger partial charge in [0, 0.05) is 18.2 Å². The summed E-state index contributed by atoms with van der Waals surface area (Å²) in [5.74, 6) is 0. The van der Waals surface area contributed by atoms with Gasteiger partial charge in [-0.3, -0.25) is 0 Å². The molecule has 17 heavy (non-hydrogen) atoms. The maximum absolute atomic E-state index is 5.72. The number of nitrogens with two attached hydrogens (primary N) is 1. The molecular weight excluding hydrogens is 212 g/mol. The first kappa shape index (κ1) is 11.8. The van der Waals surface area contributed by atoms with Crippen LogP contribution in [0.5, 0.6) is 0 Å². The van der Waals surface area contributed by atoms with Crippen LogP contribution in [0.1, 0.15) is 31.1 Å². The van der Waals surface area contributed by atoms with Gasteiger partial charge < -0.3 is 5.73 Å². The molecule has 0 amide bonds. The first-order chi connectivity index (χ1) is 8.13. The Hall–Kier alpha value is -1.68. The molecule has 4 nitrogen and oxygen atoms in total. The Morgan fingerprint density at radius 3 is 2.71 bits per heavy atom. The second kappa shape index (κ2) is 4.67. The molecule has 0 fully saturated rings. The van der Waals surface area contributed by atoms with Crippen molar-refractivity contribution in [1.29, 1.82) is 0 Å². The molecule has 0 spiro atoms. The quantitative estimate of drug-likeness (QED) is 0.880. The molecule has 0 aliphatic rings. The van der Waals surface area contributed by atoms with E-state index in [1.807, 2.05) is 10.7 Å². The number of hydrogen-bond acceptors (Lipinski definition) is 3. The largest absolute Gasteiger partial charge is 0.325 e. The molecule has 0 aliphatic heterocycles. The standard InChI is InChI=1S/C13H18N4/c1-9(2)17-13(12(8-14)15-16-17)11-6-4-5-10(3)7-11/h4-7,9H,8,14H2,1-3H3. The minimum absolute atomic E-state index is 0.276. The molecule has 4 heteroatoms. The maximum atomic E-state index is 5.72. The van der Waals surface area contributed by atoms with Gasteiger partial charge in [-0.25, -0.2) is 4.68 Å². The van der Waals surface area contributed by atoms with Gasteiger partial charge in [0.2, 0.25) is 0 Å². The summed E-state index contributed by atoms with van der Waals surface area (Å²) in [6, 6.07) is 8.61. The molecule has 2 rings (SSSR count).